The van der Waals surface area contributed by atoms with Crippen LogP contribution in [0, 0.1) is 28.1 Å². The first kappa shape index (κ1) is 23.4. The highest BCUT2D eigenvalue weighted by Crippen LogP contribution is 2.61. The second kappa shape index (κ2) is 8.54. The van der Waals surface area contributed by atoms with Gasteiger partial charge in [-0.1, -0.05) is 26.8 Å². The summed E-state index contributed by atoms with van der Waals surface area (Å²) in [7, 11) is -1.53. The highest BCUT2D eigenvalue weighted by atomic mass is 32.3. The van der Waals surface area contributed by atoms with Crippen molar-refractivity contribution in [2.75, 3.05) is 22.2 Å². The molecule has 0 unspecified atom stereocenters. The van der Waals surface area contributed by atoms with Crippen molar-refractivity contribution in [3.05, 3.63) is 66.0 Å². The first-order valence-electron chi connectivity index (χ1n) is 10.6. The van der Waals surface area contributed by atoms with Crippen LogP contribution in [-0.4, -0.2) is 27.7 Å². The summed E-state index contributed by atoms with van der Waals surface area (Å²) in [4.78, 5) is 3.94. The molecule has 9 heteroatoms. The Kier molecular flexibility index (Phi) is 5.88. The van der Waals surface area contributed by atoms with Gasteiger partial charge in [0.2, 0.25) is 0 Å². The molecule has 0 saturated heterocycles. The average molecular weight is 476 g/mol. The predicted octanol–water partition coefficient (Wildman–Crippen LogP) is 6.17. The standard InChI is InChI=1S/C25H25N5O3S/c1-25(2,3)16-30-23-8-6-17(11-24(23)29(4)34(30,31)32)22-13-20(7-5-18(22)14-26)33-21-9-10-28-19(12-21)15-27/h5-13,31-32H,16H2,1-4H3. The maximum atomic E-state index is 10.9. The predicted molar refractivity (Wildman–Crippen MR) is 134 cm³/mol. The third-order valence-electron chi connectivity index (χ3n) is 5.37. The molecule has 2 N–H and O–H groups in total. The largest absolute Gasteiger partial charge is 0.457 e. The second-order valence-electron chi connectivity index (χ2n) is 9.20. The SMILES string of the molecule is CN1c2cc(-c3cc(Oc4ccnc(C#N)c4)ccc3C#N)ccc2N(CC(C)(C)C)S1(O)O. The van der Waals surface area contributed by atoms with Crippen molar-refractivity contribution in [1.82, 2.24) is 4.98 Å². The molecule has 0 aliphatic carbocycles. The highest BCUT2D eigenvalue weighted by Gasteiger charge is 2.40. The van der Waals surface area contributed by atoms with Crippen LogP contribution in [0.2, 0.25) is 0 Å². The van der Waals surface area contributed by atoms with E-state index in [0.29, 0.717) is 34.9 Å². The van der Waals surface area contributed by atoms with E-state index in [0.717, 1.165) is 11.3 Å². The zero-order chi connectivity index (χ0) is 24.7. The lowest BCUT2D eigenvalue weighted by Crippen LogP contribution is -2.36. The average Bonchev–Trinajstić information content (AvgIpc) is 2.98. The minimum Gasteiger partial charge on any atom is -0.457 e. The normalized spacial score (nSPS) is 15.3. The molecule has 0 radical (unpaired) electrons. The minimum atomic E-state index is -3.18. The lowest BCUT2D eigenvalue weighted by Gasteiger charge is -2.44. The molecule has 2 heterocycles. The van der Waals surface area contributed by atoms with E-state index in [1.54, 1.807) is 35.6 Å². The summed E-state index contributed by atoms with van der Waals surface area (Å²) in [6, 6.07) is 18.1. The molecular weight excluding hydrogens is 450 g/mol. The van der Waals surface area contributed by atoms with Crippen LogP contribution in [0.5, 0.6) is 11.5 Å². The number of fused-ring (bicyclic) bond motifs is 1. The van der Waals surface area contributed by atoms with Crippen LogP contribution < -0.4 is 13.3 Å². The Morgan fingerprint density at radius 1 is 0.971 bits per heavy atom. The number of rotatable bonds is 4. The van der Waals surface area contributed by atoms with Gasteiger partial charge in [-0.15, -0.1) is 0 Å². The fraction of sp³-hybridized carbons (Fsp3) is 0.240. The lowest BCUT2D eigenvalue weighted by atomic mass is 9.96. The molecular formula is C25H25N5O3S. The van der Waals surface area contributed by atoms with Gasteiger partial charge in [0.25, 0.3) is 0 Å². The van der Waals surface area contributed by atoms with Crippen LogP contribution >= 0.6 is 11.0 Å². The van der Waals surface area contributed by atoms with Crippen LogP contribution in [0.15, 0.2) is 54.7 Å². The molecule has 0 atom stereocenters. The maximum absolute atomic E-state index is 10.9. The van der Waals surface area contributed by atoms with Gasteiger partial charge in [-0.05, 0) is 58.3 Å². The summed E-state index contributed by atoms with van der Waals surface area (Å²) in [5, 5.41) is 18.8. The van der Waals surface area contributed by atoms with Gasteiger partial charge in [-0.3, -0.25) is 17.7 Å². The van der Waals surface area contributed by atoms with E-state index in [1.807, 2.05) is 45.0 Å². The number of aromatic nitrogens is 1. The summed E-state index contributed by atoms with van der Waals surface area (Å²) in [5.74, 6) is 0.958. The fourth-order valence-corrected chi connectivity index (χ4v) is 5.45. The van der Waals surface area contributed by atoms with Gasteiger partial charge < -0.3 is 4.74 Å². The first-order chi connectivity index (χ1) is 16.0. The van der Waals surface area contributed by atoms with Gasteiger partial charge in [-0.25, -0.2) is 4.98 Å². The van der Waals surface area contributed by atoms with Crippen LogP contribution in [0.25, 0.3) is 11.1 Å². The van der Waals surface area contributed by atoms with Gasteiger partial charge in [0.15, 0.2) is 0 Å². The molecule has 1 aliphatic rings. The maximum Gasteiger partial charge on any atom is 0.144 e. The second-order valence-corrected chi connectivity index (χ2v) is 11.2. The Labute approximate surface area is 200 Å². The Balaban J connectivity index is 1.74. The van der Waals surface area contributed by atoms with E-state index >= 15 is 0 Å². The monoisotopic (exact) mass is 475 g/mol. The number of benzene rings is 2. The lowest BCUT2D eigenvalue weighted by molar-refractivity contribution is 0.412. The van der Waals surface area contributed by atoms with Gasteiger partial charge in [0.05, 0.1) is 23.0 Å². The van der Waals surface area contributed by atoms with E-state index < -0.39 is 11.0 Å². The molecule has 34 heavy (non-hydrogen) atoms. The molecule has 1 aliphatic heterocycles. The summed E-state index contributed by atoms with van der Waals surface area (Å²) < 4.78 is 30.9. The van der Waals surface area contributed by atoms with Crippen molar-refractivity contribution in [3.63, 3.8) is 0 Å². The van der Waals surface area contributed by atoms with E-state index in [9.17, 15) is 14.4 Å². The summed E-state index contributed by atoms with van der Waals surface area (Å²) >= 11 is 0. The summed E-state index contributed by atoms with van der Waals surface area (Å²) in [6.45, 7) is 6.60. The van der Waals surface area contributed by atoms with Crippen molar-refractivity contribution < 1.29 is 13.8 Å². The number of ether oxygens (including phenoxy) is 1. The minimum absolute atomic E-state index is 0.150. The molecule has 2 aromatic carbocycles. The van der Waals surface area contributed by atoms with E-state index in [4.69, 9.17) is 10.00 Å². The number of anilines is 2. The van der Waals surface area contributed by atoms with Gasteiger partial charge >= 0.3 is 0 Å². The Morgan fingerprint density at radius 2 is 1.71 bits per heavy atom. The molecule has 174 valence electrons. The first-order valence-corrected chi connectivity index (χ1v) is 12.0. The number of nitriles is 2. The molecule has 0 bridgehead atoms. The number of hydrogen-bond acceptors (Lipinski definition) is 8. The van der Waals surface area contributed by atoms with E-state index in [2.05, 4.69) is 11.1 Å². The number of nitrogens with zero attached hydrogens (tertiary/aromatic N) is 5. The Morgan fingerprint density at radius 3 is 2.38 bits per heavy atom. The van der Waals surface area contributed by atoms with Crippen molar-refractivity contribution in [2.24, 2.45) is 5.41 Å². The summed E-state index contributed by atoms with van der Waals surface area (Å²) in [5.41, 5.74) is 3.34. The van der Waals surface area contributed by atoms with E-state index in [-0.39, 0.29) is 11.1 Å². The van der Waals surface area contributed by atoms with Gasteiger partial charge in [0, 0.05) is 31.4 Å². The summed E-state index contributed by atoms with van der Waals surface area (Å²) in [6.07, 6.45) is 1.50. The third-order valence-corrected chi connectivity index (χ3v) is 7.22. The fourth-order valence-electron chi connectivity index (χ4n) is 3.76. The zero-order valence-corrected chi connectivity index (χ0v) is 20.2. The van der Waals surface area contributed by atoms with Crippen molar-refractivity contribution in [2.45, 2.75) is 20.8 Å². The van der Waals surface area contributed by atoms with Crippen LogP contribution in [0.4, 0.5) is 11.4 Å². The molecule has 0 spiro atoms. The van der Waals surface area contributed by atoms with Crippen LogP contribution in [0.1, 0.15) is 32.0 Å². The molecule has 1 aromatic heterocycles. The highest BCUT2D eigenvalue weighted by molar-refractivity contribution is 8.26. The molecule has 0 saturated carbocycles. The van der Waals surface area contributed by atoms with Gasteiger partial charge in [-0.2, -0.15) is 10.5 Å². The van der Waals surface area contributed by atoms with Crippen molar-refractivity contribution >= 4 is 22.3 Å². The van der Waals surface area contributed by atoms with Crippen molar-refractivity contribution in [3.8, 4) is 34.8 Å². The molecule has 4 rings (SSSR count). The quantitative estimate of drug-likeness (QED) is 0.460. The van der Waals surface area contributed by atoms with Crippen LogP contribution in [0.3, 0.4) is 0 Å². The molecule has 3 aromatic rings. The Bertz CT molecular complexity index is 1340. The van der Waals surface area contributed by atoms with E-state index in [1.165, 1.54) is 16.6 Å². The topological polar surface area (TPSA) is 117 Å². The van der Waals surface area contributed by atoms with Crippen molar-refractivity contribution in [1.29, 1.82) is 10.5 Å². The number of hydrogen-bond donors (Lipinski definition) is 2. The zero-order valence-electron chi connectivity index (χ0n) is 19.4. The molecule has 0 amide bonds. The Hall–Kier alpha value is -3.76. The van der Waals surface area contributed by atoms with Crippen LogP contribution in [-0.2, 0) is 0 Å². The smallest absolute Gasteiger partial charge is 0.144 e. The third kappa shape index (κ3) is 4.37. The molecule has 8 nitrogen and oxygen atoms in total. The number of pyridine rings is 1. The molecule has 0 fully saturated rings. The van der Waals surface area contributed by atoms with Gasteiger partial charge in [0.1, 0.15) is 23.3 Å².